The molecule has 3 fully saturated rings. The number of carbonyl (C=O) groups excluding carboxylic acids is 1. The Morgan fingerprint density at radius 2 is 1.92 bits per heavy atom. The van der Waals surface area contributed by atoms with Gasteiger partial charge in [0.15, 0.2) is 0 Å². The van der Waals surface area contributed by atoms with Crippen LogP contribution in [0.5, 0.6) is 0 Å². The minimum atomic E-state index is -0.0635. The third-order valence-electron chi connectivity index (χ3n) is 5.68. The molecular formula is C18H27N3O3. The van der Waals surface area contributed by atoms with Crippen molar-refractivity contribution in [1.29, 1.82) is 0 Å². The number of carbonyl (C=O) groups is 1. The van der Waals surface area contributed by atoms with E-state index in [9.17, 15) is 4.79 Å². The van der Waals surface area contributed by atoms with Crippen LogP contribution in [0.1, 0.15) is 82.7 Å². The molecule has 0 aromatic carbocycles. The minimum Gasteiger partial charge on any atom is -0.420 e. The van der Waals surface area contributed by atoms with E-state index >= 15 is 0 Å². The Labute approximate surface area is 142 Å². The summed E-state index contributed by atoms with van der Waals surface area (Å²) in [4.78, 5) is 14.9. The van der Waals surface area contributed by atoms with Crippen LogP contribution in [0, 0.1) is 11.3 Å². The molecule has 0 radical (unpaired) electrons. The zero-order valence-electron chi connectivity index (χ0n) is 14.7. The molecule has 2 aliphatic heterocycles. The zero-order valence-corrected chi connectivity index (χ0v) is 14.7. The lowest BCUT2D eigenvalue weighted by atomic mass is 9.64. The van der Waals surface area contributed by atoms with Crippen LogP contribution in [-0.2, 0) is 9.53 Å². The van der Waals surface area contributed by atoms with E-state index < -0.39 is 0 Å². The number of aromatic nitrogens is 2. The molecule has 1 amide bonds. The second-order valence-electron chi connectivity index (χ2n) is 8.29. The number of hydrogen-bond donors (Lipinski definition) is 0. The van der Waals surface area contributed by atoms with Crippen molar-refractivity contribution < 1.29 is 13.9 Å². The van der Waals surface area contributed by atoms with Crippen molar-refractivity contribution in [2.75, 3.05) is 13.2 Å². The van der Waals surface area contributed by atoms with E-state index in [1.165, 1.54) is 0 Å². The van der Waals surface area contributed by atoms with Crippen molar-refractivity contribution in [2.45, 2.75) is 70.9 Å². The van der Waals surface area contributed by atoms with E-state index in [0.29, 0.717) is 17.2 Å². The van der Waals surface area contributed by atoms with Crippen molar-refractivity contribution in [1.82, 2.24) is 15.1 Å². The van der Waals surface area contributed by atoms with E-state index in [4.69, 9.17) is 9.15 Å². The van der Waals surface area contributed by atoms with Gasteiger partial charge in [-0.3, -0.25) is 4.79 Å². The van der Waals surface area contributed by atoms with Crippen LogP contribution in [0.25, 0.3) is 0 Å². The SMILES string of the molecule is CC1(C)CC(C(=O)N2CCCCC2c2nnc([C@H]3CCCO3)o2)C1. The molecule has 0 spiro atoms. The molecule has 2 atom stereocenters. The summed E-state index contributed by atoms with van der Waals surface area (Å²) >= 11 is 0. The Kier molecular flexibility index (Phi) is 4.11. The number of likely N-dealkylation sites (tertiary alicyclic amines) is 1. The molecule has 1 aromatic rings. The highest BCUT2D eigenvalue weighted by Crippen LogP contribution is 2.47. The first-order chi connectivity index (χ1) is 11.5. The monoisotopic (exact) mass is 333 g/mol. The van der Waals surface area contributed by atoms with Gasteiger partial charge in [0.1, 0.15) is 12.1 Å². The molecule has 4 rings (SSSR count). The molecule has 1 aromatic heterocycles. The molecular weight excluding hydrogens is 306 g/mol. The summed E-state index contributed by atoms with van der Waals surface area (Å²) < 4.78 is 11.5. The molecule has 3 heterocycles. The topological polar surface area (TPSA) is 68.5 Å². The second kappa shape index (κ2) is 6.14. The summed E-state index contributed by atoms with van der Waals surface area (Å²) in [6.45, 7) is 6.03. The maximum Gasteiger partial charge on any atom is 0.245 e. The predicted molar refractivity (Wildman–Crippen MR) is 87.0 cm³/mol. The highest BCUT2D eigenvalue weighted by Gasteiger charge is 2.44. The van der Waals surface area contributed by atoms with E-state index in [-0.39, 0.29) is 24.0 Å². The van der Waals surface area contributed by atoms with Gasteiger partial charge in [0.2, 0.25) is 17.7 Å². The average molecular weight is 333 g/mol. The van der Waals surface area contributed by atoms with Crippen LogP contribution in [0.2, 0.25) is 0 Å². The van der Waals surface area contributed by atoms with Crippen LogP contribution >= 0.6 is 0 Å². The van der Waals surface area contributed by atoms with Gasteiger partial charge in [-0.1, -0.05) is 13.8 Å². The van der Waals surface area contributed by atoms with Crippen molar-refractivity contribution >= 4 is 5.91 Å². The third kappa shape index (κ3) is 2.96. The van der Waals surface area contributed by atoms with Gasteiger partial charge in [0.25, 0.3) is 0 Å². The molecule has 6 heteroatoms. The van der Waals surface area contributed by atoms with Gasteiger partial charge in [0, 0.05) is 19.1 Å². The quantitative estimate of drug-likeness (QED) is 0.848. The first-order valence-corrected chi connectivity index (χ1v) is 9.29. The van der Waals surface area contributed by atoms with Crippen LogP contribution in [-0.4, -0.2) is 34.2 Å². The fourth-order valence-electron chi connectivity index (χ4n) is 4.42. The van der Waals surface area contributed by atoms with Gasteiger partial charge < -0.3 is 14.1 Å². The lowest BCUT2D eigenvalue weighted by Crippen LogP contribution is -2.47. The van der Waals surface area contributed by atoms with Crippen LogP contribution in [0.15, 0.2) is 4.42 Å². The molecule has 24 heavy (non-hydrogen) atoms. The molecule has 3 aliphatic rings. The van der Waals surface area contributed by atoms with Gasteiger partial charge >= 0.3 is 0 Å². The maximum atomic E-state index is 12.9. The maximum absolute atomic E-state index is 12.9. The Hall–Kier alpha value is -1.43. The normalized spacial score (nSPS) is 30.3. The van der Waals surface area contributed by atoms with Crippen molar-refractivity contribution in [3.63, 3.8) is 0 Å². The van der Waals surface area contributed by atoms with Crippen molar-refractivity contribution in [3.8, 4) is 0 Å². The first-order valence-electron chi connectivity index (χ1n) is 9.29. The Bertz CT molecular complexity index is 598. The second-order valence-corrected chi connectivity index (χ2v) is 8.29. The van der Waals surface area contributed by atoms with Gasteiger partial charge in [-0.15, -0.1) is 10.2 Å². The highest BCUT2D eigenvalue weighted by atomic mass is 16.5. The molecule has 132 valence electrons. The number of nitrogens with zero attached hydrogens (tertiary/aromatic N) is 3. The summed E-state index contributed by atoms with van der Waals surface area (Å²) in [6, 6.07) is -0.0578. The lowest BCUT2D eigenvalue weighted by molar-refractivity contribution is -0.147. The third-order valence-corrected chi connectivity index (χ3v) is 5.68. The molecule has 1 saturated carbocycles. The molecule has 1 aliphatic carbocycles. The fraction of sp³-hybridized carbons (Fsp3) is 0.833. The zero-order chi connectivity index (χ0) is 16.7. The van der Waals surface area contributed by atoms with Gasteiger partial charge in [0.05, 0.1) is 0 Å². The number of hydrogen-bond acceptors (Lipinski definition) is 5. The van der Waals surface area contributed by atoms with Crippen molar-refractivity contribution in [2.24, 2.45) is 11.3 Å². The standard InChI is InChI=1S/C18H27N3O3/c1-18(2)10-12(11-18)17(22)21-8-4-3-6-13(21)15-19-20-16(24-15)14-7-5-9-23-14/h12-14H,3-11H2,1-2H3/t13?,14-/m1/s1. The number of piperidine rings is 1. The van der Waals surface area contributed by atoms with E-state index in [1.54, 1.807) is 0 Å². The number of ether oxygens (including phenoxy) is 1. The van der Waals surface area contributed by atoms with Gasteiger partial charge in [-0.2, -0.15) is 0 Å². The first kappa shape index (κ1) is 16.1. The summed E-state index contributed by atoms with van der Waals surface area (Å²) in [7, 11) is 0. The minimum absolute atomic E-state index is 0.0578. The average Bonchev–Trinajstić information content (AvgIpc) is 3.22. The van der Waals surface area contributed by atoms with E-state index in [0.717, 1.165) is 58.1 Å². The smallest absolute Gasteiger partial charge is 0.245 e. The Morgan fingerprint density at radius 3 is 2.62 bits per heavy atom. The van der Waals surface area contributed by atoms with Crippen LogP contribution < -0.4 is 0 Å². The van der Waals surface area contributed by atoms with Gasteiger partial charge in [-0.25, -0.2) is 0 Å². The summed E-state index contributed by atoms with van der Waals surface area (Å²) in [5, 5.41) is 8.45. The highest BCUT2D eigenvalue weighted by molar-refractivity contribution is 5.80. The molecule has 0 N–H and O–H groups in total. The Morgan fingerprint density at radius 1 is 1.12 bits per heavy atom. The largest absolute Gasteiger partial charge is 0.420 e. The summed E-state index contributed by atoms with van der Waals surface area (Å²) in [5.74, 6) is 1.61. The van der Waals surface area contributed by atoms with E-state index in [1.807, 2.05) is 4.90 Å². The molecule has 0 bridgehead atoms. The van der Waals surface area contributed by atoms with E-state index in [2.05, 4.69) is 24.0 Å². The molecule has 6 nitrogen and oxygen atoms in total. The fourth-order valence-corrected chi connectivity index (χ4v) is 4.42. The predicted octanol–water partition coefficient (Wildman–Crippen LogP) is 3.41. The van der Waals surface area contributed by atoms with Gasteiger partial charge in [-0.05, 0) is 50.4 Å². The number of rotatable bonds is 3. The van der Waals surface area contributed by atoms with Crippen molar-refractivity contribution in [3.05, 3.63) is 11.8 Å². The van der Waals surface area contributed by atoms with Crippen LogP contribution in [0.3, 0.4) is 0 Å². The Balaban J connectivity index is 1.48. The number of amides is 1. The molecule has 1 unspecified atom stereocenters. The summed E-state index contributed by atoms with van der Waals surface area (Å²) in [5.41, 5.74) is 0.309. The van der Waals surface area contributed by atoms with Crippen LogP contribution in [0.4, 0.5) is 0 Å². The summed E-state index contributed by atoms with van der Waals surface area (Å²) in [6.07, 6.45) is 6.95. The molecule has 2 saturated heterocycles. The lowest BCUT2D eigenvalue weighted by Gasteiger charge is -2.45.